The van der Waals surface area contributed by atoms with E-state index in [-0.39, 0.29) is 18.3 Å². The number of morpholine rings is 1. The third-order valence-electron chi connectivity index (χ3n) is 3.52. The van der Waals surface area contributed by atoms with Crippen LogP contribution < -0.4 is 0 Å². The smallest absolute Gasteiger partial charge is 0.377 e. The van der Waals surface area contributed by atoms with Crippen molar-refractivity contribution in [2.24, 2.45) is 0 Å². The van der Waals surface area contributed by atoms with Crippen molar-refractivity contribution >= 4 is 17.2 Å². The maximum atomic E-state index is 12.7. The number of aryl methyl sites for hydroxylation is 1. The third-order valence-corrected chi connectivity index (χ3v) is 4.44. The van der Waals surface area contributed by atoms with Gasteiger partial charge in [-0.05, 0) is 6.92 Å². The molecule has 1 amide bonds. The van der Waals surface area contributed by atoms with Gasteiger partial charge in [0.05, 0.1) is 24.4 Å². The van der Waals surface area contributed by atoms with Gasteiger partial charge in [0.25, 0.3) is 5.91 Å². The predicted octanol–water partition coefficient (Wildman–Crippen LogP) is 1.82. The summed E-state index contributed by atoms with van der Waals surface area (Å²) in [5.74, 6) is -0.107. The van der Waals surface area contributed by atoms with Crippen LogP contribution in [0.25, 0.3) is 0 Å². The van der Waals surface area contributed by atoms with Gasteiger partial charge in [-0.25, -0.2) is 14.6 Å². The van der Waals surface area contributed by atoms with Crippen LogP contribution in [-0.4, -0.2) is 56.5 Å². The lowest BCUT2D eigenvalue weighted by atomic mass is 10.2. The number of hydrogen-bond donors (Lipinski definition) is 0. The zero-order chi connectivity index (χ0) is 17.3. The number of rotatable bonds is 3. The summed E-state index contributed by atoms with van der Waals surface area (Å²) in [5.41, 5.74) is 2.19. The Morgan fingerprint density at radius 2 is 2.25 bits per heavy atom. The number of alkyl halides is 3. The third kappa shape index (κ3) is 3.56. The van der Waals surface area contributed by atoms with E-state index in [1.807, 2.05) is 0 Å². The van der Waals surface area contributed by atoms with E-state index in [9.17, 15) is 18.0 Å². The summed E-state index contributed by atoms with van der Waals surface area (Å²) >= 11 is 1.22. The molecule has 7 nitrogen and oxygen atoms in total. The van der Waals surface area contributed by atoms with E-state index in [0.717, 1.165) is 6.33 Å². The Labute approximate surface area is 139 Å². The zero-order valence-corrected chi connectivity index (χ0v) is 13.5. The number of hydrogen-bond acceptors (Lipinski definition) is 6. The monoisotopic (exact) mass is 361 g/mol. The molecule has 1 aliphatic heterocycles. The van der Waals surface area contributed by atoms with Crippen LogP contribution in [0.5, 0.6) is 0 Å². The lowest BCUT2D eigenvalue weighted by Gasteiger charge is -2.33. The maximum Gasteiger partial charge on any atom is 0.408 e. The molecule has 11 heteroatoms. The fraction of sp³-hybridized carbons (Fsp3) is 0.538. The van der Waals surface area contributed by atoms with Crippen LogP contribution in [0.3, 0.4) is 0 Å². The Morgan fingerprint density at radius 3 is 2.92 bits per heavy atom. The molecule has 1 atom stereocenters. The van der Waals surface area contributed by atoms with Gasteiger partial charge in [0, 0.05) is 6.54 Å². The van der Waals surface area contributed by atoms with Gasteiger partial charge in [0.2, 0.25) is 0 Å². The number of halogens is 3. The quantitative estimate of drug-likeness (QED) is 0.834. The molecule has 0 saturated carbocycles. The van der Waals surface area contributed by atoms with Gasteiger partial charge < -0.3 is 9.64 Å². The van der Waals surface area contributed by atoms with Crippen LogP contribution in [0.4, 0.5) is 13.2 Å². The van der Waals surface area contributed by atoms with Crippen molar-refractivity contribution in [3.8, 4) is 0 Å². The van der Waals surface area contributed by atoms with Crippen LogP contribution in [0.15, 0.2) is 11.8 Å². The standard InChI is InChI=1S/C13H14F3N5O2S/c1-8-10(24-7-18-8)12(22)21-2-3-23-4-9(21)11-17-6-20(19-11)5-13(14,15)16/h6-7,9H,2-5H2,1H3/t9-/m0/s1. The second-order valence-corrected chi connectivity index (χ2v) is 6.13. The summed E-state index contributed by atoms with van der Waals surface area (Å²) < 4.78 is 43.4. The highest BCUT2D eigenvalue weighted by molar-refractivity contribution is 7.11. The summed E-state index contributed by atoms with van der Waals surface area (Å²) in [4.78, 5) is 22.7. The van der Waals surface area contributed by atoms with Crippen LogP contribution >= 0.6 is 11.3 Å². The van der Waals surface area contributed by atoms with Crippen molar-refractivity contribution in [2.75, 3.05) is 19.8 Å². The van der Waals surface area contributed by atoms with Gasteiger partial charge in [-0.1, -0.05) is 0 Å². The van der Waals surface area contributed by atoms with Crippen molar-refractivity contribution in [3.05, 3.63) is 28.2 Å². The van der Waals surface area contributed by atoms with Crippen LogP contribution in [-0.2, 0) is 11.3 Å². The average molecular weight is 361 g/mol. The van der Waals surface area contributed by atoms with Crippen LogP contribution in [0, 0.1) is 6.92 Å². The first-order chi connectivity index (χ1) is 11.3. The van der Waals surface area contributed by atoms with Gasteiger partial charge >= 0.3 is 6.18 Å². The first kappa shape index (κ1) is 16.8. The van der Waals surface area contributed by atoms with E-state index < -0.39 is 18.8 Å². The van der Waals surface area contributed by atoms with Gasteiger partial charge in [-0.2, -0.15) is 18.3 Å². The maximum absolute atomic E-state index is 12.7. The molecule has 1 aliphatic rings. The Balaban J connectivity index is 1.82. The topological polar surface area (TPSA) is 73.1 Å². The number of thiazole rings is 1. The van der Waals surface area contributed by atoms with Gasteiger partial charge in [0.15, 0.2) is 5.82 Å². The fourth-order valence-corrected chi connectivity index (χ4v) is 3.18. The van der Waals surface area contributed by atoms with Gasteiger partial charge in [0.1, 0.15) is 23.8 Å². The van der Waals surface area contributed by atoms with E-state index >= 15 is 0 Å². The molecule has 130 valence electrons. The molecular weight excluding hydrogens is 347 g/mol. The normalized spacial score (nSPS) is 18.8. The number of carbonyl (C=O) groups excluding carboxylic acids is 1. The number of aromatic nitrogens is 4. The molecule has 0 N–H and O–H groups in total. The number of carbonyl (C=O) groups is 1. The molecule has 0 bridgehead atoms. The average Bonchev–Trinajstić information content (AvgIpc) is 3.14. The van der Waals surface area contributed by atoms with Crippen molar-refractivity contribution in [1.29, 1.82) is 0 Å². The minimum absolute atomic E-state index is 0.134. The number of ether oxygens (including phenoxy) is 1. The fourth-order valence-electron chi connectivity index (χ4n) is 2.42. The molecule has 2 aromatic heterocycles. The highest BCUT2D eigenvalue weighted by Crippen LogP contribution is 2.26. The van der Waals surface area contributed by atoms with Crippen LogP contribution in [0.1, 0.15) is 27.2 Å². The second-order valence-electron chi connectivity index (χ2n) is 5.27. The zero-order valence-electron chi connectivity index (χ0n) is 12.7. The van der Waals surface area contributed by atoms with E-state index in [1.165, 1.54) is 16.2 Å². The molecule has 3 heterocycles. The SMILES string of the molecule is Cc1ncsc1C(=O)N1CCOC[C@H]1c1ncn(CC(F)(F)F)n1. The van der Waals surface area contributed by atoms with E-state index in [2.05, 4.69) is 15.1 Å². The van der Waals surface area contributed by atoms with Crippen molar-refractivity contribution < 1.29 is 22.7 Å². The summed E-state index contributed by atoms with van der Waals surface area (Å²) in [7, 11) is 0. The lowest BCUT2D eigenvalue weighted by Crippen LogP contribution is -2.43. The van der Waals surface area contributed by atoms with Gasteiger partial charge in [-0.15, -0.1) is 11.3 Å². The second kappa shape index (κ2) is 6.48. The molecule has 1 fully saturated rings. The van der Waals surface area contributed by atoms with Gasteiger partial charge in [-0.3, -0.25) is 4.79 Å². The minimum atomic E-state index is -4.39. The molecular formula is C13H14F3N5O2S. The van der Waals surface area contributed by atoms with E-state index in [0.29, 0.717) is 28.4 Å². The van der Waals surface area contributed by atoms with Crippen molar-refractivity contribution in [2.45, 2.75) is 25.7 Å². The highest BCUT2D eigenvalue weighted by atomic mass is 32.1. The summed E-state index contributed by atoms with van der Waals surface area (Å²) in [5, 5.41) is 3.86. The molecule has 0 aromatic carbocycles. The first-order valence-corrected chi connectivity index (χ1v) is 7.98. The molecule has 1 saturated heterocycles. The van der Waals surface area contributed by atoms with Crippen molar-refractivity contribution in [3.63, 3.8) is 0 Å². The van der Waals surface area contributed by atoms with E-state index in [1.54, 1.807) is 12.4 Å². The van der Waals surface area contributed by atoms with Crippen molar-refractivity contribution in [1.82, 2.24) is 24.6 Å². The number of nitrogens with zero attached hydrogens (tertiary/aromatic N) is 5. The predicted molar refractivity (Wildman–Crippen MR) is 77.5 cm³/mol. The van der Waals surface area contributed by atoms with Crippen LogP contribution in [0.2, 0.25) is 0 Å². The Bertz CT molecular complexity index is 729. The number of amides is 1. The lowest BCUT2D eigenvalue weighted by molar-refractivity contribution is -0.142. The molecule has 0 unspecified atom stereocenters. The molecule has 3 rings (SSSR count). The molecule has 24 heavy (non-hydrogen) atoms. The highest BCUT2D eigenvalue weighted by Gasteiger charge is 2.34. The molecule has 0 aliphatic carbocycles. The molecule has 2 aromatic rings. The summed E-state index contributed by atoms with van der Waals surface area (Å²) in [6.45, 7) is 1.31. The molecule has 0 spiro atoms. The minimum Gasteiger partial charge on any atom is -0.377 e. The molecule has 0 radical (unpaired) electrons. The Morgan fingerprint density at radius 1 is 1.46 bits per heavy atom. The first-order valence-electron chi connectivity index (χ1n) is 7.10. The summed E-state index contributed by atoms with van der Waals surface area (Å²) in [6, 6.07) is -0.623. The van der Waals surface area contributed by atoms with E-state index in [4.69, 9.17) is 4.74 Å². The Kier molecular flexibility index (Phi) is 4.54. The Hall–Kier alpha value is -2.01. The summed E-state index contributed by atoms with van der Waals surface area (Å²) in [6.07, 6.45) is -3.37. The largest absolute Gasteiger partial charge is 0.408 e.